The van der Waals surface area contributed by atoms with Crippen LogP contribution in [0.4, 0.5) is 0 Å². The van der Waals surface area contributed by atoms with Crippen LogP contribution in [0.25, 0.3) is 11.4 Å². The van der Waals surface area contributed by atoms with Crippen molar-refractivity contribution in [2.45, 2.75) is 44.9 Å². The summed E-state index contributed by atoms with van der Waals surface area (Å²) in [6, 6.07) is 12.8. The fourth-order valence-electron chi connectivity index (χ4n) is 4.84. The summed E-state index contributed by atoms with van der Waals surface area (Å²) in [5.74, 6) is -0.578. The van der Waals surface area contributed by atoms with Crippen molar-refractivity contribution in [3.8, 4) is 17.1 Å². The number of imidazole rings is 1. The number of aromatic amines is 1. The normalized spacial score (nSPS) is 19.6. The molecule has 2 aliphatic rings. The molecule has 2 aromatic heterocycles. The SMILES string of the molecule is Cc1ncc(C(=O)N[C@H]2Cc3ccc(cc3)OCCNC(=O)Cn3nc(-c4ccccc4)nc3[C@H](C)NC(=O)[C@H](CO)NC2=O)[nH]1. The van der Waals surface area contributed by atoms with Crippen molar-refractivity contribution in [2.24, 2.45) is 0 Å². The van der Waals surface area contributed by atoms with Gasteiger partial charge in [-0.1, -0.05) is 42.5 Å². The number of rotatable bonds is 4. The van der Waals surface area contributed by atoms with Crippen LogP contribution < -0.4 is 26.0 Å². The first-order valence-corrected chi connectivity index (χ1v) is 14.7. The van der Waals surface area contributed by atoms with Crippen LogP contribution in [0.5, 0.6) is 5.75 Å². The van der Waals surface area contributed by atoms with Crippen molar-refractivity contribution >= 4 is 23.6 Å². The largest absolute Gasteiger partial charge is 0.492 e. The summed E-state index contributed by atoms with van der Waals surface area (Å²) in [4.78, 5) is 64.1. The lowest BCUT2D eigenvalue weighted by atomic mass is 10.0. The van der Waals surface area contributed by atoms with Gasteiger partial charge in [-0.2, -0.15) is 5.10 Å². The highest BCUT2D eigenvalue weighted by Gasteiger charge is 2.29. The first-order chi connectivity index (χ1) is 22.2. The number of benzene rings is 2. The number of aromatic nitrogens is 5. The van der Waals surface area contributed by atoms with Gasteiger partial charge >= 0.3 is 0 Å². The molecule has 6 N–H and O–H groups in total. The van der Waals surface area contributed by atoms with Gasteiger partial charge in [-0.15, -0.1) is 0 Å². The molecule has 0 saturated heterocycles. The number of carbonyl (C=O) groups excluding carboxylic acids is 4. The van der Waals surface area contributed by atoms with E-state index in [9.17, 15) is 24.3 Å². The second-order valence-electron chi connectivity index (χ2n) is 10.7. The number of carbonyl (C=O) groups is 4. The molecule has 0 aliphatic carbocycles. The summed E-state index contributed by atoms with van der Waals surface area (Å²) in [6.45, 7) is 2.87. The first-order valence-electron chi connectivity index (χ1n) is 14.7. The van der Waals surface area contributed by atoms with Crippen LogP contribution in [-0.2, 0) is 27.3 Å². The van der Waals surface area contributed by atoms with Gasteiger partial charge in [0, 0.05) is 12.0 Å². The van der Waals surface area contributed by atoms with Gasteiger partial charge in [-0.3, -0.25) is 19.2 Å². The van der Waals surface area contributed by atoms with E-state index in [-0.39, 0.29) is 43.5 Å². The predicted molar refractivity (Wildman–Crippen MR) is 164 cm³/mol. The van der Waals surface area contributed by atoms with Crippen LogP contribution in [0.15, 0.2) is 60.8 Å². The maximum Gasteiger partial charge on any atom is 0.270 e. The molecule has 0 spiro atoms. The topological polar surface area (TPSA) is 205 Å². The van der Waals surface area contributed by atoms with Gasteiger partial charge in [-0.25, -0.2) is 14.6 Å². The Morgan fingerprint density at radius 2 is 1.83 bits per heavy atom. The molecule has 15 heteroatoms. The van der Waals surface area contributed by atoms with E-state index in [1.54, 1.807) is 38.1 Å². The second-order valence-corrected chi connectivity index (χ2v) is 10.7. The summed E-state index contributed by atoms with van der Waals surface area (Å²) in [5.41, 5.74) is 1.57. The Morgan fingerprint density at radius 3 is 2.52 bits per heavy atom. The molecule has 0 saturated carbocycles. The summed E-state index contributed by atoms with van der Waals surface area (Å²) in [6.07, 6.45) is 1.43. The van der Waals surface area contributed by atoms with E-state index in [1.807, 2.05) is 30.3 Å². The second kappa shape index (κ2) is 14.5. The minimum atomic E-state index is -1.36. The summed E-state index contributed by atoms with van der Waals surface area (Å²) in [5, 5.41) is 25.4. The lowest BCUT2D eigenvalue weighted by molar-refractivity contribution is -0.131. The number of ether oxygens (including phenoxy) is 1. The molecule has 2 aromatic carbocycles. The number of fused-ring (bicyclic) bond motifs is 14. The van der Waals surface area contributed by atoms with Crippen molar-refractivity contribution < 1.29 is 29.0 Å². The molecule has 240 valence electrons. The molecule has 6 rings (SSSR count). The molecule has 0 unspecified atom stereocenters. The minimum absolute atomic E-state index is 0.0720. The van der Waals surface area contributed by atoms with E-state index in [2.05, 4.69) is 41.3 Å². The van der Waals surface area contributed by atoms with Crippen LogP contribution in [-0.4, -0.2) is 85.3 Å². The van der Waals surface area contributed by atoms with Crippen molar-refractivity contribution in [1.29, 1.82) is 0 Å². The molecule has 2 aliphatic heterocycles. The van der Waals surface area contributed by atoms with E-state index < -0.39 is 42.5 Å². The van der Waals surface area contributed by atoms with Crippen LogP contribution in [0.2, 0.25) is 0 Å². The number of H-pyrrole nitrogens is 1. The maximum absolute atomic E-state index is 13.5. The van der Waals surface area contributed by atoms with E-state index in [0.717, 1.165) is 0 Å². The molecule has 0 radical (unpaired) electrons. The van der Waals surface area contributed by atoms with E-state index >= 15 is 0 Å². The van der Waals surface area contributed by atoms with Gasteiger partial charge in [0.05, 0.1) is 25.4 Å². The Kier molecular flexibility index (Phi) is 10.0. The molecule has 4 aromatic rings. The standard InChI is InChI=1S/C31H35N9O6/c1-18-28-38-27(21-6-4-3-5-7-21)39-40(28)16-26(42)32-12-13-46-22-10-8-20(9-11-22)14-23(29(43)37-25(17-41)31(45)34-18)36-30(44)24-15-33-19(2)35-24/h3-11,15,18,23,25,41H,12-14,16-17H2,1-2H3,(H,32,42)(H,33,35)(H,34,45)(H,36,44)(H,37,43)/t18-,23-,25-/m0/s1. The number of hydrogen-bond acceptors (Lipinski definition) is 9. The van der Waals surface area contributed by atoms with Crippen molar-refractivity contribution in [1.82, 2.24) is 46.0 Å². The highest BCUT2D eigenvalue weighted by Crippen LogP contribution is 2.19. The van der Waals surface area contributed by atoms with Crippen molar-refractivity contribution in [3.05, 3.63) is 83.7 Å². The highest BCUT2D eigenvalue weighted by atomic mass is 16.5. The summed E-state index contributed by atoms with van der Waals surface area (Å²) in [7, 11) is 0. The van der Waals surface area contributed by atoms with Gasteiger partial charge in [0.1, 0.15) is 48.3 Å². The number of hydrogen-bond donors (Lipinski definition) is 6. The number of amides is 4. The Morgan fingerprint density at radius 1 is 1.07 bits per heavy atom. The zero-order valence-electron chi connectivity index (χ0n) is 25.3. The third-order valence-electron chi connectivity index (χ3n) is 7.21. The lowest BCUT2D eigenvalue weighted by Crippen LogP contribution is -2.56. The molecule has 4 amide bonds. The van der Waals surface area contributed by atoms with Gasteiger partial charge in [0.2, 0.25) is 17.7 Å². The number of nitrogens with zero attached hydrogens (tertiary/aromatic N) is 4. The summed E-state index contributed by atoms with van der Waals surface area (Å²) < 4.78 is 7.16. The maximum atomic E-state index is 13.5. The lowest BCUT2D eigenvalue weighted by Gasteiger charge is -2.23. The van der Waals surface area contributed by atoms with Gasteiger partial charge in [0.25, 0.3) is 5.91 Å². The fraction of sp³-hybridized carbons (Fsp3) is 0.323. The Balaban J connectivity index is 1.42. The fourth-order valence-corrected chi connectivity index (χ4v) is 4.84. The highest BCUT2D eigenvalue weighted by molar-refractivity contribution is 5.97. The third-order valence-corrected chi connectivity index (χ3v) is 7.21. The predicted octanol–water partition coefficient (Wildman–Crippen LogP) is 0.181. The van der Waals surface area contributed by atoms with Crippen molar-refractivity contribution in [3.63, 3.8) is 0 Å². The van der Waals surface area contributed by atoms with E-state index in [1.165, 1.54) is 10.9 Å². The van der Waals surface area contributed by atoms with E-state index in [0.29, 0.717) is 28.5 Å². The minimum Gasteiger partial charge on any atom is -0.492 e. The third kappa shape index (κ3) is 7.92. The molecule has 2 bridgehead atoms. The average molecular weight is 630 g/mol. The van der Waals surface area contributed by atoms with Gasteiger partial charge in [0.15, 0.2) is 5.82 Å². The molecule has 46 heavy (non-hydrogen) atoms. The Labute approximate surface area is 264 Å². The average Bonchev–Trinajstić information content (AvgIpc) is 3.68. The first kappa shape index (κ1) is 31.8. The summed E-state index contributed by atoms with van der Waals surface area (Å²) >= 11 is 0. The number of aryl methyl sites for hydroxylation is 1. The van der Waals surface area contributed by atoms with Crippen LogP contribution in [0, 0.1) is 6.92 Å². The molecule has 4 heterocycles. The molecule has 15 nitrogen and oxygen atoms in total. The number of aliphatic hydroxyl groups excluding tert-OH is 1. The van der Waals surface area contributed by atoms with Gasteiger partial charge in [-0.05, 0) is 31.5 Å². The van der Waals surface area contributed by atoms with Crippen LogP contribution in [0.1, 0.15) is 40.7 Å². The molecule has 3 atom stereocenters. The van der Waals surface area contributed by atoms with Crippen LogP contribution in [0.3, 0.4) is 0 Å². The zero-order chi connectivity index (χ0) is 32.6. The number of aliphatic hydroxyl groups is 1. The van der Waals surface area contributed by atoms with Crippen molar-refractivity contribution in [2.75, 3.05) is 19.8 Å². The Bertz CT molecular complexity index is 1690. The molecular formula is C31H35N9O6. The zero-order valence-corrected chi connectivity index (χ0v) is 25.3. The van der Waals surface area contributed by atoms with Gasteiger partial charge < -0.3 is 36.1 Å². The molecular weight excluding hydrogens is 594 g/mol. The number of nitrogens with one attached hydrogen (secondary N) is 5. The monoisotopic (exact) mass is 629 g/mol. The quantitative estimate of drug-likeness (QED) is 0.182. The van der Waals surface area contributed by atoms with E-state index in [4.69, 9.17) is 4.74 Å². The Hall–Kier alpha value is -5.57. The smallest absolute Gasteiger partial charge is 0.270 e. The van der Waals surface area contributed by atoms with Crippen LogP contribution >= 0.6 is 0 Å². The molecule has 0 fully saturated rings.